The molecule has 0 aliphatic carbocycles. The van der Waals surface area contributed by atoms with Crippen LogP contribution in [0.2, 0.25) is 0 Å². The van der Waals surface area contributed by atoms with E-state index in [2.05, 4.69) is 5.32 Å². The summed E-state index contributed by atoms with van der Waals surface area (Å²) in [7, 11) is -3.69. The summed E-state index contributed by atoms with van der Waals surface area (Å²) in [6.07, 6.45) is 1.09. The fraction of sp³-hybridized carbons (Fsp3) is 0.174. The number of para-hydroxylation sites is 3. The van der Waals surface area contributed by atoms with Crippen LogP contribution in [-0.4, -0.2) is 26.6 Å². The Morgan fingerprint density at radius 2 is 1.63 bits per heavy atom. The summed E-state index contributed by atoms with van der Waals surface area (Å²) < 4.78 is 31.9. The zero-order valence-electron chi connectivity index (χ0n) is 17.1. The normalized spacial score (nSPS) is 12.1. The van der Waals surface area contributed by atoms with Crippen molar-refractivity contribution in [2.75, 3.05) is 15.9 Å². The number of rotatable bonds is 7. The number of amides is 1. The second-order valence-corrected chi connectivity index (χ2v) is 8.83. The second kappa shape index (κ2) is 9.00. The zero-order valence-corrected chi connectivity index (χ0v) is 17.9. The molecule has 3 aromatic carbocycles. The first kappa shape index (κ1) is 21.4. The molecule has 0 radical (unpaired) electrons. The first-order chi connectivity index (χ1) is 14.3. The molecule has 0 aliphatic rings. The maximum Gasteiger partial charge on any atom is 0.248 e. The zero-order chi connectivity index (χ0) is 21.7. The molecule has 1 atom stereocenters. The Bertz CT molecular complexity index is 1130. The van der Waals surface area contributed by atoms with Crippen molar-refractivity contribution < 1.29 is 17.9 Å². The van der Waals surface area contributed by atoms with Crippen LogP contribution in [0.15, 0.2) is 78.9 Å². The fourth-order valence-electron chi connectivity index (χ4n) is 3.09. The Labute approximate surface area is 177 Å². The van der Waals surface area contributed by atoms with Crippen molar-refractivity contribution in [1.82, 2.24) is 0 Å². The highest BCUT2D eigenvalue weighted by Crippen LogP contribution is 2.30. The third kappa shape index (κ3) is 5.18. The van der Waals surface area contributed by atoms with Gasteiger partial charge in [-0.15, -0.1) is 0 Å². The number of nitrogens with zero attached hydrogens (tertiary/aromatic N) is 1. The van der Waals surface area contributed by atoms with Crippen LogP contribution in [0.25, 0.3) is 0 Å². The molecule has 3 aromatic rings. The molecule has 0 spiro atoms. The number of carbonyl (C=O) groups is 1. The predicted octanol–water partition coefficient (Wildman–Crippen LogP) is 4.58. The molecular formula is C23H24N2O4S. The van der Waals surface area contributed by atoms with Crippen molar-refractivity contribution in [3.05, 3.63) is 84.4 Å². The molecule has 0 fully saturated rings. The Morgan fingerprint density at radius 3 is 2.30 bits per heavy atom. The summed E-state index contributed by atoms with van der Waals surface area (Å²) >= 11 is 0. The number of carbonyl (C=O) groups excluding carboxylic acids is 1. The van der Waals surface area contributed by atoms with Gasteiger partial charge in [0.1, 0.15) is 11.8 Å². The highest BCUT2D eigenvalue weighted by molar-refractivity contribution is 7.92. The van der Waals surface area contributed by atoms with E-state index in [1.165, 1.54) is 0 Å². The van der Waals surface area contributed by atoms with Crippen molar-refractivity contribution in [3.63, 3.8) is 0 Å². The van der Waals surface area contributed by atoms with Gasteiger partial charge in [-0.2, -0.15) is 0 Å². The smallest absolute Gasteiger partial charge is 0.248 e. The highest BCUT2D eigenvalue weighted by Gasteiger charge is 2.29. The van der Waals surface area contributed by atoms with Gasteiger partial charge in [-0.1, -0.05) is 42.5 Å². The van der Waals surface area contributed by atoms with E-state index < -0.39 is 22.0 Å². The summed E-state index contributed by atoms with van der Waals surface area (Å²) in [6.45, 7) is 3.42. The first-order valence-corrected chi connectivity index (χ1v) is 11.3. The van der Waals surface area contributed by atoms with Gasteiger partial charge in [0.25, 0.3) is 0 Å². The highest BCUT2D eigenvalue weighted by atomic mass is 32.2. The topological polar surface area (TPSA) is 75.7 Å². The van der Waals surface area contributed by atoms with Crippen LogP contribution >= 0.6 is 0 Å². The molecule has 0 saturated carbocycles. The molecule has 1 amide bonds. The van der Waals surface area contributed by atoms with E-state index in [-0.39, 0.29) is 0 Å². The fourth-order valence-corrected chi connectivity index (χ4v) is 4.25. The Balaban J connectivity index is 1.86. The van der Waals surface area contributed by atoms with Crippen LogP contribution in [0.1, 0.15) is 12.5 Å². The van der Waals surface area contributed by atoms with E-state index in [1.807, 2.05) is 43.3 Å². The number of benzene rings is 3. The molecular weight excluding hydrogens is 400 g/mol. The Hall–Kier alpha value is -3.32. The average molecular weight is 425 g/mol. The average Bonchev–Trinajstić information content (AvgIpc) is 2.69. The molecule has 30 heavy (non-hydrogen) atoms. The van der Waals surface area contributed by atoms with Gasteiger partial charge in [0, 0.05) is 0 Å². The minimum Gasteiger partial charge on any atom is -0.455 e. The molecule has 0 heterocycles. The maximum absolute atomic E-state index is 13.0. The van der Waals surface area contributed by atoms with Gasteiger partial charge in [0.2, 0.25) is 15.9 Å². The molecule has 3 rings (SSSR count). The van der Waals surface area contributed by atoms with Crippen LogP contribution < -0.4 is 14.4 Å². The van der Waals surface area contributed by atoms with E-state index in [0.29, 0.717) is 22.9 Å². The summed E-state index contributed by atoms with van der Waals surface area (Å²) in [6, 6.07) is 22.3. The van der Waals surface area contributed by atoms with Crippen molar-refractivity contribution in [2.45, 2.75) is 19.9 Å². The summed E-state index contributed by atoms with van der Waals surface area (Å²) in [5.41, 5.74) is 1.79. The molecule has 1 unspecified atom stereocenters. The van der Waals surface area contributed by atoms with E-state index >= 15 is 0 Å². The van der Waals surface area contributed by atoms with Crippen molar-refractivity contribution in [3.8, 4) is 11.5 Å². The van der Waals surface area contributed by atoms with Crippen molar-refractivity contribution >= 4 is 27.3 Å². The van der Waals surface area contributed by atoms with Crippen molar-refractivity contribution in [1.29, 1.82) is 0 Å². The van der Waals surface area contributed by atoms with Crippen LogP contribution in [0.5, 0.6) is 11.5 Å². The van der Waals surface area contributed by atoms with E-state index in [1.54, 1.807) is 49.4 Å². The number of nitrogens with one attached hydrogen (secondary N) is 1. The van der Waals surface area contributed by atoms with Crippen molar-refractivity contribution in [2.24, 2.45) is 0 Å². The minimum absolute atomic E-state index is 0.439. The van der Waals surface area contributed by atoms with Crippen LogP contribution in [-0.2, 0) is 14.8 Å². The summed E-state index contributed by atoms with van der Waals surface area (Å²) in [5.74, 6) is 0.626. The predicted molar refractivity (Wildman–Crippen MR) is 120 cm³/mol. The van der Waals surface area contributed by atoms with E-state index in [4.69, 9.17) is 4.74 Å². The largest absolute Gasteiger partial charge is 0.455 e. The minimum atomic E-state index is -3.69. The number of hydrogen-bond donors (Lipinski definition) is 1. The Kier molecular flexibility index (Phi) is 6.42. The van der Waals surface area contributed by atoms with Gasteiger partial charge >= 0.3 is 0 Å². The lowest BCUT2D eigenvalue weighted by Gasteiger charge is -2.28. The van der Waals surface area contributed by atoms with Crippen LogP contribution in [0.4, 0.5) is 11.4 Å². The summed E-state index contributed by atoms with van der Waals surface area (Å²) in [4.78, 5) is 13.0. The molecule has 0 aromatic heterocycles. The third-order valence-corrected chi connectivity index (χ3v) is 5.70. The number of hydrogen-bond acceptors (Lipinski definition) is 4. The number of ether oxygens (including phenoxy) is 1. The standard InChI is InChI=1S/C23H24N2O4S/c1-17-10-9-11-19(16-17)25(30(3,27)28)18(2)23(26)24-21-14-7-8-15-22(21)29-20-12-5-4-6-13-20/h4-16,18H,1-3H3,(H,24,26). The SMILES string of the molecule is Cc1cccc(N(C(C)C(=O)Nc2ccccc2Oc2ccccc2)S(C)(=O)=O)c1. The second-order valence-electron chi connectivity index (χ2n) is 6.97. The molecule has 6 nitrogen and oxygen atoms in total. The number of aryl methyl sites for hydroxylation is 1. The molecule has 0 aliphatic heterocycles. The Morgan fingerprint density at radius 1 is 0.967 bits per heavy atom. The van der Waals surface area contributed by atoms with Gasteiger partial charge in [-0.3, -0.25) is 9.10 Å². The third-order valence-electron chi connectivity index (χ3n) is 4.46. The van der Waals surface area contributed by atoms with Gasteiger partial charge < -0.3 is 10.1 Å². The van der Waals surface area contributed by atoms with Crippen LogP contribution in [0.3, 0.4) is 0 Å². The molecule has 7 heteroatoms. The lowest BCUT2D eigenvalue weighted by molar-refractivity contribution is -0.116. The van der Waals surface area contributed by atoms with Gasteiger partial charge in [-0.05, 0) is 55.8 Å². The van der Waals surface area contributed by atoms with Gasteiger partial charge in [0.15, 0.2) is 5.75 Å². The van der Waals surface area contributed by atoms with E-state index in [9.17, 15) is 13.2 Å². The summed E-state index contributed by atoms with van der Waals surface area (Å²) in [5, 5.41) is 2.80. The number of sulfonamides is 1. The van der Waals surface area contributed by atoms with Gasteiger partial charge in [-0.25, -0.2) is 8.42 Å². The van der Waals surface area contributed by atoms with Crippen LogP contribution in [0, 0.1) is 6.92 Å². The monoisotopic (exact) mass is 424 g/mol. The lowest BCUT2D eigenvalue weighted by atomic mass is 10.2. The molecule has 156 valence electrons. The maximum atomic E-state index is 13.0. The molecule has 0 bridgehead atoms. The number of anilines is 2. The molecule has 0 saturated heterocycles. The van der Waals surface area contributed by atoms with E-state index in [0.717, 1.165) is 16.1 Å². The first-order valence-electron chi connectivity index (χ1n) is 9.44. The molecule has 1 N–H and O–H groups in total. The lowest BCUT2D eigenvalue weighted by Crippen LogP contribution is -2.45. The quantitative estimate of drug-likeness (QED) is 0.602. The van der Waals surface area contributed by atoms with Gasteiger partial charge in [0.05, 0.1) is 17.6 Å².